The maximum Gasteiger partial charge on any atom is 0.271 e. The van der Waals surface area contributed by atoms with E-state index in [1.165, 1.54) is 12.1 Å². The Morgan fingerprint density at radius 1 is 1.19 bits per heavy atom. The highest BCUT2D eigenvalue weighted by Gasteiger charge is 2.14. The number of rotatable bonds is 3. The second-order valence-corrected chi connectivity index (χ2v) is 5.55. The highest BCUT2D eigenvalue weighted by atomic mass is 79.9. The number of anilines is 1. The van der Waals surface area contributed by atoms with Gasteiger partial charge in [0.05, 0.1) is 16.2 Å². The summed E-state index contributed by atoms with van der Waals surface area (Å²) in [7, 11) is 0. The van der Waals surface area contributed by atoms with Gasteiger partial charge in [0, 0.05) is 16.6 Å². The summed E-state index contributed by atoms with van der Waals surface area (Å²) in [5.74, 6) is -0.314. The van der Waals surface area contributed by atoms with E-state index in [9.17, 15) is 14.9 Å². The summed E-state index contributed by atoms with van der Waals surface area (Å²) in [6.07, 6.45) is 0. The maximum absolute atomic E-state index is 12.3. The predicted molar refractivity (Wildman–Crippen MR) is 84.7 cm³/mol. The van der Waals surface area contributed by atoms with Crippen LogP contribution in [0.5, 0.6) is 0 Å². The molecule has 6 heteroatoms. The van der Waals surface area contributed by atoms with Crippen molar-refractivity contribution < 1.29 is 9.72 Å². The van der Waals surface area contributed by atoms with Crippen molar-refractivity contribution >= 4 is 33.2 Å². The molecular weight excluding hydrogens is 336 g/mol. The normalized spacial score (nSPS) is 10.2. The van der Waals surface area contributed by atoms with Crippen LogP contribution in [-0.2, 0) is 0 Å². The van der Waals surface area contributed by atoms with Crippen molar-refractivity contribution in [3.63, 3.8) is 0 Å². The SMILES string of the molecule is Cc1ccc(C(=O)Nc2cc([N+](=O)[O-])ccc2C)c(Br)c1. The molecule has 0 saturated heterocycles. The second kappa shape index (κ2) is 6.05. The van der Waals surface area contributed by atoms with Crippen molar-refractivity contribution in [2.24, 2.45) is 0 Å². The van der Waals surface area contributed by atoms with E-state index in [-0.39, 0.29) is 11.6 Å². The molecule has 5 nitrogen and oxygen atoms in total. The minimum atomic E-state index is -0.489. The summed E-state index contributed by atoms with van der Waals surface area (Å²) >= 11 is 3.35. The van der Waals surface area contributed by atoms with Gasteiger partial charge in [-0.2, -0.15) is 0 Å². The Hall–Kier alpha value is -2.21. The van der Waals surface area contributed by atoms with E-state index in [0.717, 1.165) is 11.1 Å². The number of amides is 1. The zero-order chi connectivity index (χ0) is 15.6. The molecule has 0 spiro atoms. The number of halogens is 1. The van der Waals surface area contributed by atoms with E-state index in [1.54, 1.807) is 19.1 Å². The summed E-state index contributed by atoms with van der Waals surface area (Å²) in [4.78, 5) is 22.6. The third kappa shape index (κ3) is 3.46. The third-order valence-electron chi connectivity index (χ3n) is 3.05. The molecule has 0 heterocycles. The molecule has 0 unspecified atom stereocenters. The van der Waals surface area contributed by atoms with Crippen LogP contribution in [0.1, 0.15) is 21.5 Å². The van der Waals surface area contributed by atoms with Gasteiger partial charge < -0.3 is 5.32 Å². The van der Waals surface area contributed by atoms with Crippen molar-refractivity contribution in [2.45, 2.75) is 13.8 Å². The van der Waals surface area contributed by atoms with Gasteiger partial charge in [0.2, 0.25) is 0 Å². The smallest absolute Gasteiger partial charge is 0.271 e. The zero-order valence-corrected chi connectivity index (χ0v) is 13.1. The lowest BCUT2D eigenvalue weighted by atomic mass is 10.1. The number of non-ortho nitro benzene ring substituents is 1. The van der Waals surface area contributed by atoms with Gasteiger partial charge in [-0.15, -0.1) is 0 Å². The van der Waals surface area contributed by atoms with Crippen molar-refractivity contribution in [3.05, 3.63) is 67.7 Å². The van der Waals surface area contributed by atoms with Crippen LogP contribution in [0, 0.1) is 24.0 Å². The first-order valence-corrected chi connectivity index (χ1v) is 7.00. The molecule has 0 saturated carbocycles. The van der Waals surface area contributed by atoms with Gasteiger partial charge in [-0.3, -0.25) is 14.9 Å². The average Bonchev–Trinajstić information content (AvgIpc) is 2.40. The van der Waals surface area contributed by atoms with Gasteiger partial charge in [0.1, 0.15) is 0 Å². The molecule has 0 bridgehead atoms. The Bertz CT molecular complexity index is 729. The fourth-order valence-corrected chi connectivity index (χ4v) is 2.53. The quantitative estimate of drug-likeness (QED) is 0.666. The average molecular weight is 349 g/mol. The van der Waals surface area contributed by atoms with Crippen LogP contribution in [0.25, 0.3) is 0 Å². The van der Waals surface area contributed by atoms with Gasteiger partial charge in [-0.1, -0.05) is 12.1 Å². The van der Waals surface area contributed by atoms with Gasteiger partial charge >= 0.3 is 0 Å². The Kier molecular flexibility index (Phi) is 4.37. The number of hydrogen-bond donors (Lipinski definition) is 1. The Morgan fingerprint density at radius 3 is 2.52 bits per heavy atom. The van der Waals surface area contributed by atoms with E-state index in [0.29, 0.717) is 15.7 Å². The molecule has 0 aliphatic rings. The number of carbonyl (C=O) groups is 1. The second-order valence-electron chi connectivity index (χ2n) is 4.69. The Labute approximate surface area is 130 Å². The molecule has 0 aromatic heterocycles. The molecule has 0 fully saturated rings. The van der Waals surface area contributed by atoms with Crippen LogP contribution in [-0.4, -0.2) is 10.8 Å². The van der Waals surface area contributed by atoms with Crippen molar-refractivity contribution in [3.8, 4) is 0 Å². The first-order chi connectivity index (χ1) is 9.88. The number of nitrogens with zero attached hydrogens (tertiary/aromatic N) is 1. The van der Waals surface area contributed by atoms with Gasteiger partial charge in [0.25, 0.3) is 11.6 Å². The summed E-state index contributed by atoms with van der Waals surface area (Å²) in [5, 5.41) is 13.5. The first kappa shape index (κ1) is 15.2. The van der Waals surface area contributed by atoms with Gasteiger partial charge in [-0.25, -0.2) is 0 Å². The first-order valence-electron chi connectivity index (χ1n) is 6.21. The number of nitrogens with one attached hydrogen (secondary N) is 1. The molecular formula is C15H13BrN2O3. The molecule has 0 atom stereocenters. The molecule has 0 aliphatic heterocycles. The molecule has 2 aromatic rings. The lowest BCUT2D eigenvalue weighted by Crippen LogP contribution is -2.13. The molecule has 0 radical (unpaired) electrons. The number of hydrogen-bond acceptors (Lipinski definition) is 3. The lowest BCUT2D eigenvalue weighted by molar-refractivity contribution is -0.384. The maximum atomic E-state index is 12.3. The topological polar surface area (TPSA) is 72.2 Å². The molecule has 1 amide bonds. The highest BCUT2D eigenvalue weighted by Crippen LogP contribution is 2.24. The standard InChI is InChI=1S/C15H13BrN2O3/c1-9-3-6-12(13(16)7-9)15(19)17-14-8-11(18(20)21)5-4-10(14)2/h3-8H,1-2H3,(H,17,19). The molecule has 1 N–H and O–H groups in total. The molecule has 2 aromatic carbocycles. The van der Waals surface area contributed by atoms with E-state index >= 15 is 0 Å². The van der Waals surface area contributed by atoms with Crippen LogP contribution in [0.15, 0.2) is 40.9 Å². The number of nitro benzene ring substituents is 1. The van der Waals surface area contributed by atoms with Crippen LogP contribution >= 0.6 is 15.9 Å². The van der Waals surface area contributed by atoms with E-state index < -0.39 is 4.92 Å². The highest BCUT2D eigenvalue weighted by molar-refractivity contribution is 9.10. The summed E-state index contributed by atoms with van der Waals surface area (Å²) in [6, 6.07) is 9.76. The van der Waals surface area contributed by atoms with Crippen LogP contribution in [0.2, 0.25) is 0 Å². The Balaban J connectivity index is 2.31. The van der Waals surface area contributed by atoms with Crippen LogP contribution in [0.3, 0.4) is 0 Å². The van der Waals surface area contributed by atoms with Crippen molar-refractivity contribution in [1.29, 1.82) is 0 Å². The molecule has 21 heavy (non-hydrogen) atoms. The largest absolute Gasteiger partial charge is 0.321 e. The van der Waals surface area contributed by atoms with Crippen molar-refractivity contribution in [2.75, 3.05) is 5.32 Å². The fraction of sp³-hybridized carbons (Fsp3) is 0.133. The number of carbonyl (C=O) groups excluding carboxylic acids is 1. The molecule has 108 valence electrons. The summed E-state index contributed by atoms with van der Waals surface area (Å²) in [5.41, 5.74) is 2.65. The number of nitro groups is 1. The van der Waals surface area contributed by atoms with Gasteiger partial charge in [0.15, 0.2) is 0 Å². The zero-order valence-electron chi connectivity index (χ0n) is 11.5. The van der Waals surface area contributed by atoms with E-state index in [1.807, 2.05) is 19.1 Å². The van der Waals surface area contributed by atoms with Crippen molar-refractivity contribution in [1.82, 2.24) is 0 Å². The third-order valence-corrected chi connectivity index (χ3v) is 3.71. The number of aryl methyl sites for hydroxylation is 2. The summed E-state index contributed by atoms with van der Waals surface area (Å²) < 4.78 is 0.683. The minimum Gasteiger partial charge on any atom is -0.321 e. The minimum absolute atomic E-state index is 0.0566. The van der Waals surface area contributed by atoms with E-state index in [4.69, 9.17) is 0 Å². The van der Waals surface area contributed by atoms with Crippen LogP contribution in [0.4, 0.5) is 11.4 Å². The summed E-state index contributed by atoms with van der Waals surface area (Å²) in [6.45, 7) is 3.71. The van der Waals surface area contributed by atoms with E-state index in [2.05, 4.69) is 21.2 Å². The fourth-order valence-electron chi connectivity index (χ4n) is 1.85. The van der Waals surface area contributed by atoms with Crippen LogP contribution < -0.4 is 5.32 Å². The molecule has 2 rings (SSSR count). The lowest BCUT2D eigenvalue weighted by Gasteiger charge is -2.10. The molecule has 0 aliphatic carbocycles. The van der Waals surface area contributed by atoms with Gasteiger partial charge in [-0.05, 0) is 53.0 Å². The Morgan fingerprint density at radius 2 is 1.90 bits per heavy atom. The number of benzene rings is 2. The predicted octanol–water partition coefficient (Wildman–Crippen LogP) is 4.23. The monoisotopic (exact) mass is 348 g/mol.